The van der Waals surface area contributed by atoms with Crippen LogP contribution in [0.4, 0.5) is 5.69 Å². The minimum absolute atomic E-state index is 0.484. The van der Waals surface area contributed by atoms with Crippen LogP contribution < -0.4 is 5.32 Å². The van der Waals surface area contributed by atoms with Gasteiger partial charge in [-0.15, -0.1) is 4.91 Å². The van der Waals surface area contributed by atoms with Gasteiger partial charge in [-0.1, -0.05) is 78.5 Å². The predicted octanol–water partition coefficient (Wildman–Crippen LogP) is 8.52. The molecule has 1 aliphatic rings. The maximum Gasteiger partial charge on any atom is 0.108 e. The summed E-state index contributed by atoms with van der Waals surface area (Å²) in [6.07, 6.45) is 11.0. The van der Waals surface area contributed by atoms with Crippen LogP contribution in [0.5, 0.6) is 0 Å². The summed E-state index contributed by atoms with van der Waals surface area (Å²) in [5, 5.41) is 8.79. The number of benzene rings is 2. The van der Waals surface area contributed by atoms with Crippen LogP contribution >= 0.6 is 0 Å². The second-order valence-electron chi connectivity index (χ2n) is 9.93. The van der Waals surface area contributed by atoms with Gasteiger partial charge in [0.2, 0.25) is 0 Å². The third-order valence-corrected chi connectivity index (χ3v) is 6.55. The standard InChI is InChI=1S/C17H22N2O.C10H20/c1-3-5-16(4-2)18-12-13-6-7-15-11-17(19-20)9-8-14(15)10-13;1-10(2,3)9-7-5-4-6-8-9/h6-11,16,18H,3-5,12H2,1-2H3;9H,4-8H2,1-3H3. The van der Waals surface area contributed by atoms with Crippen molar-refractivity contribution in [1.82, 2.24) is 5.32 Å². The molecule has 2 aromatic carbocycles. The normalized spacial score (nSPS) is 16.0. The molecule has 30 heavy (non-hydrogen) atoms. The Morgan fingerprint density at radius 1 is 1.00 bits per heavy atom. The zero-order valence-corrected chi connectivity index (χ0v) is 19.8. The van der Waals surface area contributed by atoms with Gasteiger partial charge in [0.1, 0.15) is 5.69 Å². The first-order valence-electron chi connectivity index (χ1n) is 12.0. The van der Waals surface area contributed by atoms with Crippen LogP contribution in [0.15, 0.2) is 41.6 Å². The second kappa shape index (κ2) is 12.2. The van der Waals surface area contributed by atoms with E-state index in [0.29, 0.717) is 17.1 Å². The number of nitroso groups, excluding NO2 is 1. The Kier molecular flexibility index (Phi) is 9.97. The van der Waals surface area contributed by atoms with Gasteiger partial charge < -0.3 is 5.32 Å². The van der Waals surface area contributed by atoms with E-state index in [-0.39, 0.29) is 0 Å². The first-order valence-corrected chi connectivity index (χ1v) is 12.0. The lowest BCUT2D eigenvalue weighted by molar-refractivity contribution is 0.180. The lowest BCUT2D eigenvalue weighted by Gasteiger charge is -2.33. The molecule has 3 nitrogen and oxygen atoms in total. The van der Waals surface area contributed by atoms with Crippen molar-refractivity contribution in [3.8, 4) is 0 Å². The SMILES string of the molecule is CC(C)(C)C1CCCCC1.CCCC(CC)NCc1ccc2cc(N=O)ccc2c1. The first kappa shape index (κ1) is 24.5. The quantitative estimate of drug-likeness (QED) is 0.465. The molecule has 1 fully saturated rings. The van der Waals surface area contributed by atoms with Crippen molar-refractivity contribution in [2.24, 2.45) is 16.5 Å². The summed E-state index contributed by atoms with van der Waals surface area (Å²) >= 11 is 0. The number of hydrogen-bond acceptors (Lipinski definition) is 3. The molecule has 0 radical (unpaired) electrons. The molecule has 1 saturated carbocycles. The largest absolute Gasteiger partial charge is 0.310 e. The molecule has 1 atom stereocenters. The maximum atomic E-state index is 10.5. The van der Waals surface area contributed by atoms with Crippen molar-refractivity contribution in [3.05, 3.63) is 46.9 Å². The van der Waals surface area contributed by atoms with E-state index in [2.05, 4.69) is 63.3 Å². The summed E-state index contributed by atoms with van der Waals surface area (Å²) in [6.45, 7) is 12.5. The zero-order chi connectivity index (χ0) is 22.0. The monoisotopic (exact) mass is 410 g/mol. The van der Waals surface area contributed by atoms with Gasteiger partial charge in [0, 0.05) is 12.6 Å². The molecule has 0 aromatic heterocycles. The van der Waals surface area contributed by atoms with Gasteiger partial charge in [-0.3, -0.25) is 0 Å². The Morgan fingerprint density at radius 3 is 2.23 bits per heavy atom. The van der Waals surface area contributed by atoms with E-state index in [1.54, 1.807) is 6.07 Å². The Morgan fingerprint density at radius 2 is 1.67 bits per heavy atom. The van der Waals surface area contributed by atoms with Crippen LogP contribution in [0.3, 0.4) is 0 Å². The number of nitrogens with zero attached hydrogens (tertiary/aromatic N) is 1. The molecule has 0 bridgehead atoms. The molecule has 166 valence electrons. The van der Waals surface area contributed by atoms with E-state index in [4.69, 9.17) is 0 Å². The molecule has 0 aliphatic heterocycles. The van der Waals surface area contributed by atoms with Gasteiger partial charge in [0.05, 0.1) is 0 Å². The number of hydrogen-bond donors (Lipinski definition) is 1. The Balaban J connectivity index is 0.000000269. The van der Waals surface area contributed by atoms with Gasteiger partial charge in [0.15, 0.2) is 0 Å². The lowest BCUT2D eigenvalue weighted by Crippen LogP contribution is -2.27. The Labute approximate surface area is 184 Å². The Bertz CT molecular complexity index is 772. The van der Waals surface area contributed by atoms with Crippen LogP contribution in [0.25, 0.3) is 10.8 Å². The highest BCUT2D eigenvalue weighted by molar-refractivity contribution is 5.85. The summed E-state index contributed by atoms with van der Waals surface area (Å²) in [4.78, 5) is 10.5. The molecule has 0 heterocycles. The average molecular weight is 411 g/mol. The summed E-state index contributed by atoms with van der Waals surface area (Å²) in [6, 6.07) is 12.5. The Hall–Kier alpha value is -1.74. The predicted molar refractivity (Wildman–Crippen MR) is 131 cm³/mol. The van der Waals surface area contributed by atoms with Gasteiger partial charge >= 0.3 is 0 Å². The third kappa shape index (κ3) is 7.83. The minimum atomic E-state index is 0.484. The molecular formula is C27H42N2O. The number of rotatable bonds is 7. The minimum Gasteiger partial charge on any atom is -0.310 e. The van der Waals surface area contributed by atoms with E-state index >= 15 is 0 Å². The number of nitrogens with one attached hydrogen (secondary N) is 1. The van der Waals surface area contributed by atoms with Gasteiger partial charge in [-0.05, 0) is 76.7 Å². The van der Waals surface area contributed by atoms with E-state index in [1.807, 2.05) is 12.1 Å². The van der Waals surface area contributed by atoms with Crippen molar-refractivity contribution in [3.63, 3.8) is 0 Å². The lowest BCUT2D eigenvalue weighted by atomic mass is 9.72. The molecule has 1 unspecified atom stereocenters. The van der Waals surface area contributed by atoms with Crippen molar-refractivity contribution in [2.75, 3.05) is 0 Å². The molecule has 3 rings (SSSR count). The first-order chi connectivity index (χ1) is 14.4. The molecule has 1 aliphatic carbocycles. The highest BCUT2D eigenvalue weighted by atomic mass is 16.3. The molecule has 1 N–H and O–H groups in total. The van der Waals surface area contributed by atoms with Crippen LogP contribution in [0.1, 0.15) is 91.5 Å². The van der Waals surface area contributed by atoms with Crippen LogP contribution in [-0.2, 0) is 6.54 Å². The molecule has 0 amide bonds. The summed E-state index contributed by atoms with van der Waals surface area (Å²) in [5.74, 6) is 1.00. The smallest absolute Gasteiger partial charge is 0.108 e. The molecular weight excluding hydrogens is 368 g/mol. The van der Waals surface area contributed by atoms with E-state index in [1.165, 1.54) is 50.5 Å². The fraction of sp³-hybridized carbons (Fsp3) is 0.630. The molecule has 2 aromatic rings. The second-order valence-corrected chi connectivity index (χ2v) is 9.93. The fourth-order valence-electron chi connectivity index (χ4n) is 4.48. The van der Waals surface area contributed by atoms with Gasteiger partial charge in [-0.25, -0.2) is 0 Å². The van der Waals surface area contributed by atoms with Crippen molar-refractivity contribution in [2.45, 2.75) is 98.6 Å². The summed E-state index contributed by atoms with van der Waals surface area (Å²) in [7, 11) is 0. The van der Waals surface area contributed by atoms with E-state index in [0.717, 1.165) is 29.7 Å². The maximum absolute atomic E-state index is 10.5. The fourth-order valence-corrected chi connectivity index (χ4v) is 4.48. The van der Waals surface area contributed by atoms with Crippen LogP contribution in [0, 0.1) is 16.2 Å². The van der Waals surface area contributed by atoms with Crippen LogP contribution in [0.2, 0.25) is 0 Å². The summed E-state index contributed by atoms with van der Waals surface area (Å²) < 4.78 is 0. The number of fused-ring (bicyclic) bond motifs is 1. The van der Waals surface area contributed by atoms with E-state index in [9.17, 15) is 4.91 Å². The third-order valence-electron chi connectivity index (χ3n) is 6.55. The molecule has 0 spiro atoms. The van der Waals surface area contributed by atoms with Crippen molar-refractivity contribution >= 4 is 16.5 Å². The highest BCUT2D eigenvalue weighted by Crippen LogP contribution is 2.37. The van der Waals surface area contributed by atoms with Gasteiger partial charge in [0.25, 0.3) is 0 Å². The van der Waals surface area contributed by atoms with Crippen molar-refractivity contribution in [1.29, 1.82) is 0 Å². The topological polar surface area (TPSA) is 41.5 Å². The van der Waals surface area contributed by atoms with Crippen LogP contribution in [-0.4, -0.2) is 6.04 Å². The van der Waals surface area contributed by atoms with Crippen molar-refractivity contribution < 1.29 is 0 Å². The van der Waals surface area contributed by atoms with Gasteiger partial charge in [-0.2, -0.15) is 0 Å². The average Bonchev–Trinajstić information content (AvgIpc) is 2.76. The van der Waals surface area contributed by atoms with E-state index < -0.39 is 0 Å². The highest BCUT2D eigenvalue weighted by Gasteiger charge is 2.25. The molecule has 3 heteroatoms. The summed E-state index contributed by atoms with van der Waals surface area (Å²) in [5.41, 5.74) is 2.33. The zero-order valence-electron chi connectivity index (χ0n) is 19.8. The molecule has 0 saturated heterocycles.